The minimum atomic E-state index is -0.745. The molecule has 0 aliphatic heterocycles. The monoisotopic (exact) mass is 386 g/mol. The number of ether oxygens (including phenoxy) is 1. The van der Waals surface area contributed by atoms with Crippen molar-refractivity contribution in [2.24, 2.45) is 0 Å². The minimum absolute atomic E-state index is 0.267. The van der Waals surface area contributed by atoms with Crippen molar-refractivity contribution in [1.82, 2.24) is 10.3 Å². The summed E-state index contributed by atoms with van der Waals surface area (Å²) in [4.78, 5) is 16.8. The van der Waals surface area contributed by atoms with Crippen LogP contribution in [0.25, 0.3) is 10.9 Å². The SMILES string of the molecule is C#Cc1cnc2c(Cl)cc(OC(SC)C(=O)NC(C)(C)C#CC)cc2c1. The summed E-state index contributed by atoms with van der Waals surface area (Å²) in [6, 6.07) is 5.21. The number of nitrogens with zero attached hydrogens (tertiary/aromatic N) is 1. The van der Waals surface area contributed by atoms with Crippen molar-refractivity contribution in [1.29, 1.82) is 0 Å². The Kier molecular flexibility index (Phi) is 6.42. The van der Waals surface area contributed by atoms with Crippen LogP contribution in [0.3, 0.4) is 0 Å². The van der Waals surface area contributed by atoms with Crippen LogP contribution >= 0.6 is 23.4 Å². The highest BCUT2D eigenvalue weighted by Gasteiger charge is 2.25. The highest BCUT2D eigenvalue weighted by Crippen LogP contribution is 2.29. The van der Waals surface area contributed by atoms with E-state index in [1.165, 1.54) is 11.8 Å². The molecule has 1 aromatic carbocycles. The highest BCUT2D eigenvalue weighted by atomic mass is 35.5. The molecule has 0 bridgehead atoms. The number of thioether (sulfide) groups is 1. The molecule has 1 atom stereocenters. The Balaban J connectivity index is 2.28. The summed E-state index contributed by atoms with van der Waals surface area (Å²) in [6.07, 6.45) is 8.80. The molecule has 26 heavy (non-hydrogen) atoms. The lowest BCUT2D eigenvalue weighted by Crippen LogP contribution is -2.47. The van der Waals surface area contributed by atoms with Crippen LogP contribution in [0.2, 0.25) is 5.02 Å². The van der Waals surface area contributed by atoms with Crippen LogP contribution in [-0.4, -0.2) is 28.1 Å². The van der Waals surface area contributed by atoms with Crippen molar-refractivity contribution in [3.63, 3.8) is 0 Å². The standard InChI is InChI=1S/C20H19ClN2O2S/c1-6-8-20(3,4)23-18(24)19(26-5)25-15-10-14-9-13(7-2)12-22-17(14)16(21)11-15/h2,9-12,19H,1,3-5H3,(H,23,24). The van der Waals surface area contributed by atoms with Crippen molar-refractivity contribution in [3.8, 4) is 29.9 Å². The maximum atomic E-state index is 12.5. The summed E-state index contributed by atoms with van der Waals surface area (Å²) < 4.78 is 5.85. The predicted octanol–water partition coefficient (Wildman–Crippen LogP) is 3.86. The van der Waals surface area contributed by atoms with Gasteiger partial charge in [0.15, 0.2) is 0 Å². The lowest BCUT2D eigenvalue weighted by Gasteiger charge is -2.24. The van der Waals surface area contributed by atoms with Crippen LogP contribution in [0, 0.1) is 24.2 Å². The van der Waals surface area contributed by atoms with E-state index in [4.69, 9.17) is 22.8 Å². The number of benzene rings is 1. The largest absolute Gasteiger partial charge is 0.470 e. The molecular formula is C20H19ClN2O2S. The molecule has 134 valence electrons. The number of pyridine rings is 1. The third-order valence-corrected chi connectivity index (χ3v) is 4.45. The van der Waals surface area contributed by atoms with Gasteiger partial charge in [-0.25, -0.2) is 0 Å². The topological polar surface area (TPSA) is 51.2 Å². The second-order valence-corrected chi connectivity index (χ2v) is 7.33. The van der Waals surface area contributed by atoms with Gasteiger partial charge in [-0.05, 0) is 39.2 Å². The summed E-state index contributed by atoms with van der Waals surface area (Å²) in [7, 11) is 0. The van der Waals surface area contributed by atoms with E-state index in [0.717, 1.165) is 5.39 Å². The van der Waals surface area contributed by atoms with Gasteiger partial charge < -0.3 is 10.1 Å². The van der Waals surface area contributed by atoms with Gasteiger partial charge in [0, 0.05) is 23.2 Å². The van der Waals surface area contributed by atoms with Crippen LogP contribution in [0.5, 0.6) is 5.75 Å². The van der Waals surface area contributed by atoms with Gasteiger partial charge in [0.2, 0.25) is 5.44 Å². The summed E-state index contributed by atoms with van der Waals surface area (Å²) in [5.74, 6) is 8.49. The number of hydrogen-bond donors (Lipinski definition) is 1. The molecule has 1 unspecified atom stereocenters. The quantitative estimate of drug-likeness (QED) is 0.626. The van der Waals surface area contributed by atoms with Gasteiger partial charge in [-0.2, -0.15) is 0 Å². The van der Waals surface area contributed by atoms with Crippen LogP contribution < -0.4 is 10.1 Å². The normalized spacial score (nSPS) is 11.8. The van der Waals surface area contributed by atoms with Gasteiger partial charge in [-0.15, -0.1) is 24.1 Å². The third kappa shape index (κ3) is 4.85. The first-order valence-electron chi connectivity index (χ1n) is 7.81. The molecule has 4 nitrogen and oxygen atoms in total. The number of halogens is 1. The molecule has 0 radical (unpaired) electrons. The predicted molar refractivity (Wildman–Crippen MR) is 108 cm³/mol. The molecule has 2 aromatic rings. The van der Waals surface area contributed by atoms with E-state index in [1.54, 1.807) is 37.6 Å². The van der Waals surface area contributed by atoms with Crippen LogP contribution in [0.1, 0.15) is 26.3 Å². The average molecular weight is 387 g/mol. The summed E-state index contributed by atoms with van der Waals surface area (Å²) in [5, 5.41) is 4.05. The first-order valence-corrected chi connectivity index (χ1v) is 9.47. The number of nitrogens with one attached hydrogen (secondary N) is 1. The van der Waals surface area contributed by atoms with Crippen LogP contribution in [0.15, 0.2) is 24.4 Å². The Labute approximate surface area is 163 Å². The van der Waals surface area contributed by atoms with E-state index < -0.39 is 11.0 Å². The molecule has 1 N–H and O–H groups in total. The van der Waals surface area contributed by atoms with Gasteiger partial charge in [0.1, 0.15) is 5.75 Å². The van der Waals surface area contributed by atoms with Gasteiger partial charge in [-0.1, -0.05) is 23.4 Å². The first-order chi connectivity index (χ1) is 12.3. The maximum absolute atomic E-state index is 12.5. The second-order valence-electron chi connectivity index (χ2n) is 6.02. The number of rotatable bonds is 5. The summed E-state index contributed by atoms with van der Waals surface area (Å²) in [6.45, 7) is 5.39. The Morgan fingerprint density at radius 2 is 2.15 bits per heavy atom. The van der Waals surface area contributed by atoms with Gasteiger partial charge in [-0.3, -0.25) is 9.78 Å². The Morgan fingerprint density at radius 3 is 2.77 bits per heavy atom. The molecule has 0 aliphatic carbocycles. The molecule has 0 saturated carbocycles. The molecule has 0 fully saturated rings. The molecule has 1 aromatic heterocycles. The van der Waals surface area contributed by atoms with E-state index >= 15 is 0 Å². The number of fused-ring (bicyclic) bond motifs is 1. The summed E-state index contributed by atoms with van der Waals surface area (Å²) >= 11 is 7.57. The van der Waals surface area contributed by atoms with Crippen molar-refractivity contribution < 1.29 is 9.53 Å². The Hall–Kier alpha value is -2.34. The number of carbonyl (C=O) groups is 1. The lowest BCUT2D eigenvalue weighted by atomic mass is 10.1. The van der Waals surface area contributed by atoms with Crippen molar-refractivity contribution >= 4 is 40.2 Å². The Morgan fingerprint density at radius 1 is 1.42 bits per heavy atom. The number of aromatic nitrogens is 1. The number of terminal acetylenes is 1. The van der Waals surface area contributed by atoms with Crippen molar-refractivity contribution in [2.75, 3.05) is 6.26 Å². The second kappa shape index (κ2) is 8.36. The fourth-order valence-corrected chi connectivity index (χ4v) is 3.12. The summed E-state index contributed by atoms with van der Waals surface area (Å²) in [5.41, 5.74) is -0.118. The number of carbonyl (C=O) groups excluding carboxylic acids is 1. The van der Waals surface area contributed by atoms with E-state index in [2.05, 4.69) is 28.1 Å². The Bertz CT molecular complexity index is 938. The number of hydrogen-bond acceptors (Lipinski definition) is 4. The van der Waals surface area contributed by atoms with Gasteiger partial charge >= 0.3 is 0 Å². The average Bonchev–Trinajstić information content (AvgIpc) is 2.58. The fraction of sp³-hybridized carbons (Fsp3) is 0.300. The molecule has 0 spiro atoms. The van der Waals surface area contributed by atoms with E-state index in [1.807, 2.05) is 13.8 Å². The van der Waals surface area contributed by atoms with Crippen molar-refractivity contribution in [3.05, 3.63) is 35.0 Å². The molecule has 1 amide bonds. The molecular weight excluding hydrogens is 368 g/mol. The number of amides is 1. The lowest BCUT2D eigenvalue weighted by molar-refractivity contribution is -0.125. The molecule has 0 aliphatic rings. The van der Waals surface area contributed by atoms with Crippen LogP contribution in [0.4, 0.5) is 0 Å². The van der Waals surface area contributed by atoms with E-state index in [0.29, 0.717) is 21.9 Å². The third-order valence-electron chi connectivity index (χ3n) is 3.42. The minimum Gasteiger partial charge on any atom is -0.470 e. The molecule has 2 rings (SSSR count). The first kappa shape index (κ1) is 20.0. The van der Waals surface area contributed by atoms with E-state index in [-0.39, 0.29) is 5.91 Å². The van der Waals surface area contributed by atoms with Gasteiger partial charge in [0.05, 0.1) is 16.1 Å². The molecule has 0 saturated heterocycles. The van der Waals surface area contributed by atoms with Crippen molar-refractivity contribution in [2.45, 2.75) is 31.7 Å². The van der Waals surface area contributed by atoms with E-state index in [9.17, 15) is 4.79 Å². The smallest absolute Gasteiger partial charge is 0.272 e. The maximum Gasteiger partial charge on any atom is 0.272 e. The van der Waals surface area contributed by atoms with Crippen LogP contribution in [-0.2, 0) is 4.79 Å². The highest BCUT2D eigenvalue weighted by molar-refractivity contribution is 7.99. The fourth-order valence-electron chi connectivity index (χ4n) is 2.37. The zero-order valence-electron chi connectivity index (χ0n) is 15.0. The zero-order valence-corrected chi connectivity index (χ0v) is 16.6. The van der Waals surface area contributed by atoms with Gasteiger partial charge in [0.25, 0.3) is 5.91 Å². The molecule has 6 heteroatoms. The zero-order chi connectivity index (χ0) is 19.3. The molecule has 1 heterocycles.